The number of nitrogens with one attached hydrogen (secondary N) is 1. The van der Waals surface area contributed by atoms with E-state index in [0.717, 1.165) is 12.5 Å². The molecule has 0 aliphatic rings. The third-order valence-corrected chi connectivity index (χ3v) is 2.18. The summed E-state index contributed by atoms with van der Waals surface area (Å²) in [5.41, 5.74) is 5.97. The Hall–Kier alpha value is -1.59. The number of benzene rings is 1. The first-order valence-electron chi connectivity index (χ1n) is 4.80. The first-order chi connectivity index (χ1) is 8.32. The third kappa shape index (κ3) is 8.55. The minimum absolute atomic E-state index is 0.0290. The highest BCUT2D eigenvalue weighted by molar-refractivity contribution is 6.42. The summed E-state index contributed by atoms with van der Waals surface area (Å²) in [6.07, 6.45) is 1.60. The van der Waals surface area contributed by atoms with Gasteiger partial charge in [-0.05, 0) is 17.7 Å². The molecule has 18 heavy (non-hydrogen) atoms. The Morgan fingerprint density at radius 2 is 2.06 bits per heavy atom. The standard InChI is InChI=1S/C9H9Cl2N3.C2H4O2/c10-7-2-1-6(3-8(7)11)4-14-5-9(12)13;1-2(3)4/h1-4H,5H2,(H3,12,13);1H3,(H,3,4). The molecule has 5 nitrogen and oxygen atoms in total. The van der Waals surface area contributed by atoms with Crippen LogP contribution in [0.2, 0.25) is 10.0 Å². The van der Waals surface area contributed by atoms with Crippen LogP contribution in [0.25, 0.3) is 0 Å². The van der Waals surface area contributed by atoms with Crippen molar-refractivity contribution in [2.75, 3.05) is 6.54 Å². The van der Waals surface area contributed by atoms with E-state index in [1.807, 2.05) is 0 Å². The molecule has 0 saturated carbocycles. The van der Waals surface area contributed by atoms with Crippen molar-refractivity contribution in [2.45, 2.75) is 6.92 Å². The zero-order chi connectivity index (χ0) is 14.1. The molecule has 0 radical (unpaired) electrons. The van der Waals surface area contributed by atoms with Crippen LogP contribution < -0.4 is 5.73 Å². The van der Waals surface area contributed by atoms with E-state index in [9.17, 15) is 0 Å². The van der Waals surface area contributed by atoms with Crippen LogP contribution in [0.1, 0.15) is 12.5 Å². The molecular formula is C11H13Cl2N3O2. The second-order valence-electron chi connectivity index (χ2n) is 3.19. The minimum atomic E-state index is -0.833. The van der Waals surface area contributed by atoms with Crippen LogP contribution in [0.5, 0.6) is 0 Å². The van der Waals surface area contributed by atoms with Gasteiger partial charge in [0.15, 0.2) is 0 Å². The molecule has 0 bridgehead atoms. The molecule has 0 fully saturated rings. The van der Waals surface area contributed by atoms with Gasteiger partial charge in [0, 0.05) is 13.1 Å². The molecule has 0 aliphatic carbocycles. The van der Waals surface area contributed by atoms with Crippen molar-refractivity contribution < 1.29 is 9.90 Å². The number of hydrogen-bond donors (Lipinski definition) is 3. The van der Waals surface area contributed by atoms with Crippen LogP contribution in [0.4, 0.5) is 0 Å². The van der Waals surface area contributed by atoms with Gasteiger partial charge in [-0.25, -0.2) is 0 Å². The van der Waals surface area contributed by atoms with Crippen molar-refractivity contribution in [3.05, 3.63) is 33.8 Å². The number of aliphatic carboxylic acids is 1. The van der Waals surface area contributed by atoms with Crippen molar-refractivity contribution in [3.63, 3.8) is 0 Å². The van der Waals surface area contributed by atoms with E-state index in [2.05, 4.69) is 4.99 Å². The highest BCUT2D eigenvalue weighted by atomic mass is 35.5. The summed E-state index contributed by atoms with van der Waals surface area (Å²) in [6.45, 7) is 1.28. The minimum Gasteiger partial charge on any atom is -0.481 e. The first-order valence-corrected chi connectivity index (χ1v) is 5.55. The molecule has 0 unspecified atom stereocenters. The quantitative estimate of drug-likeness (QED) is 0.588. The van der Waals surface area contributed by atoms with E-state index in [-0.39, 0.29) is 12.4 Å². The Balaban J connectivity index is 0.000000631. The summed E-state index contributed by atoms with van der Waals surface area (Å²) < 4.78 is 0. The van der Waals surface area contributed by atoms with Crippen molar-refractivity contribution in [3.8, 4) is 0 Å². The van der Waals surface area contributed by atoms with Gasteiger partial charge >= 0.3 is 0 Å². The topological polar surface area (TPSA) is 99.5 Å². The van der Waals surface area contributed by atoms with E-state index in [1.54, 1.807) is 24.4 Å². The molecule has 1 rings (SSSR count). The van der Waals surface area contributed by atoms with Crippen molar-refractivity contribution in [1.29, 1.82) is 5.41 Å². The van der Waals surface area contributed by atoms with Crippen molar-refractivity contribution in [2.24, 2.45) is 10.7 Å². The van der Waals surface area contributed by atoms with Gasteiger partial charge in [0.25, 0.3) is 5.97 Å². The molecule has 1 aromatic rings. The van der Waals surface area contributed by atoms with E-state index in [4.69, 9.17) is 44.2 Å². The predicted molar refractivity (Wildman–Crippen MR) is 74.1 cm³/mol. The summed E-state index contributed by atoms with van der Waals surface area (Å²) in [6, 6.07) is 5.18. The van der Waals surface area contributed by atoms with Crippen LogP contribution in [0, 0.1) is 5.41 Å². The van der Waals surface area contributed by atoms with E-state index in [0.29, 0.717) is 10.0 Å². The Bertz CT molecular complexity index is 458. The molecule has 0 spiro atoms. The van der Waals surface area contributed by atoms with Gasteiger partial charge < -0.3 is 10.8 Å². The number of hydrogen-bond acceptors (Lipinski definition) is 3. The van der Waals surface area contributed by atoms with Gasteiger partial charge in [0.05, 0.1) is 16.6 Å². The fourth-order valence-electron chi connectivity index (χ4n) is 0.842. The SMILES string of the molecule is CC(=O)O.N=C(N)CN=Cc1ccc(Cl)c(Cl)c1. The molecule has 4 N–H and O–H groups in total. The zero-order valence-electron chi connectivity index (χ0n) is 9.65. The Kier molecular flexibility index (Phi) is 7.74. The molecule has 7 heteroatoms. The van der Waals surface area contributed by atoms with Gasteiger partial charge in [0.2, 0.25) is 0 Å². The number of nitrogens with two attached hydrogens (primary N) is 1. The summed E-state index contributed by atoms with van der Waals surface area (Å²) in [4.78, 5) is 12.9. The zero-order valence-corrected chi connectivity index (χ0v) is 11.2. The lowest BCUT2D eigenvalue weighted by molar-refractivity contribution is -0.134. The molecule has 0 amide bonds. The smallest absolute Gasteiger partial charge is 0.300 e. The Labute approximate surface area is 115 Å². The van der Waals surface area contributed by atoms with Gasteiger partial charge in [0.1, 0.15) is 5.84 Å². The molecule has 0 heterocycles. The van der Waals surface area contributed by atoms with Gasteiger partial charge in [-0.3, -0.25) is 15.2 Å². The monoisotopic (exact) mass is 289 g/mol. The number of nitrogens with zero attached hydrogens (tertiary/aromatic N) is 1. The maximum absolute atomic E-state index is 9.00. The summed E-state index contributed by atoms with van der Waals surface area (Å²) in [5, 5.41) is 15.4. The van der Waals surface area contributed by atoms with Gasteiger partial charge in [-0.1, -0.05) is 29.3 Å². The average molecular weight is 290 g/mol. The number of carboxylic acid groups (broad SMARTS) is 1. The summed E-state index contributed by atoms with van der Waals surface area (Å²) in [5.74, 6) is -0.804. The average Bonchev–Trinajstić information content (AvgIpc) is 2.22. The molecule has 0 saturated heterocycles. The predicted octanol–water partition coefficient (Wildman–Crippen LogP) is 2.44. The molecular weight excluding hydrogens is 277 g/mol. The highest BCUT2D eigenvalue weighted by Crippen LogP contribution is 2.21. The van der Waals surface area contributed by atoms with Crippen molar-refractivity contribution in [1.82, 2.24) is 0 Å². The Morgan fingerprint density at radius 1 is 1.50 bits per heavy atom. The number of carboxylic acids is 1. The van der Waals surface area contributed by atoms with Crippen LogP contribution in [0.15, 0.2) is 23.2 Å². The fourth-order valence-corrected chi connectivity index (χ4v) is 1.15. The van der Waals surface area contributed by atoms with Crippen LogP contribution in [-0.4, -0.2) is 29.7 Å². The second-order valence-corrected chi connectivity index (χ2v) is 4.00. The number of halogens is 2. The largest absolute Gasteiger partial charge is 0.481 e. The van der Waals surface area contributed by atoms with E-state index < -0.39 is 5.97 Å². The molecule has 98 valence electrons. The molecule has 1 aromatic carbocycles. The molecule has 0 aliphatic heterocycles. The maximum Gasteiger partial charge on any atom is 0.300 e. The van der Waals surface area contributed by atoms with Gasteiger partial charge in [-0.15, -0.1) is 0 Å². The van der Waals surface area contributed by atoms with Crippen molar-refractivity contribution >= 4 is 41.2 Å². The number of amidine groups is 1. The number of rotatable bonds is 3. The van der Waals surface area contributed by atoms with E-state index >= 15 is 0 Å². The van der Waals surface area contributed by atoms with Crippen LogP contribution >= 0.6 is 23.2 Å². The van der Waals surface area contributed by atoms with Crippen LogP contribution in [0.3, 0.4) is 0 Å². The van der Waals surface area contributed by atoms with Gasteiger partial charge in [-0.2, -0.15) is 0 Å². The summed E-state index contributed by atoms with van der Waals surface area (Å²) in [7, 11) is 0. The lowest BCUT2D eigenvalue weighted by Crippen LogP contribution is -2.12. The number of carbonyl (C=O) groups is 1. The fraction of sp³-hybridized carbons (Fsp3) is 0.182. The lowest BCUT2D eigenvalue weighted by atomic mass is 10.2. The maximum atomic E-state index is 9.00. The lowest BCUT2D eigenvalue weighted by Gasteiger charge is -1.96. The first kappa shape index (κ1) is 16.4. The Morgan fingerprint density at radius 3 is 2.50 bits per heavy atom. The van der Waals surface area contributed by atoms with E-state index in [1.165, 1.54) is 0 Å². The van der Waals surface area contributed by atoms with Crippen LogP contribution in [-0.2, 0) is 4.79 Å². The normalized spacial score (nSPS) is 9.72. The third-order valence-electron chi connectivity index (χ3n) is 1.45. The molecule has 0 aromatic heterocycles. The molecule has 0 atom stereocenters. The number of aliphatic imine (C=N–C) groups is 1. The second kappa shape index (κ2) is 8.49. The highest BCUT2D eigenvalue weighted by Gasteiger charge is 1.96. The summed E-state index contributed by atoms with van der Waals surface area (Å²) >= 11 is 11.5.